The summed E-state index contributed by atoms with van der Waals surface area (Å²) in [5, 5.41) is 7.54. The number of carbonyl (C=O) groups is 1. The molecular formula is C14H17N3O2. The first-order valence-electron chi connectivity index (χ1n) is 6.02. The molecule has 0 aliphatic rings. The van der Waals surface area contributed by atoms with Crippen molar-refractivity contribution in [2.45, 2.75) is 13.5 Å². The molecule has 5 nitrogen and oxygen atoms in total. The summed E-state index contributed by atoms with van der Waals surface area (Å²) >= 11 is 0. The SMILES string of the molecule is COC(=O)c1ccccc1CNc1cn(C)nc1C. The van der Waals surface area contributed by atoms with Crippen LogP contribution in [-0.2, 0) is 18.3 Å². The van der Waals surface area contributed by atoms with Crippen LogP contribution >= 0.6 is 0 Å². The normalized spacial score (nSPS) is 10.3. The van der Waals surface area contributed by atoms with E-state index in [0.29, 0.717) is 12.1 Å². The quantitative estimate of drug-likeness (QED) is 0.855. The number of nitrogens with zero attached hydrogens (tertiary/aromatic N) is 2. The number of methoxy groups -OCH3 is 1. The molecule has 1 aromatic heterocycles. The van der Waals surface area contributed by atoms with Gasteiger partial charge in [0.15, 0.2) is 0 Å². The van der Waals surface area contributed by atoms with Crippen LogP contribution in [0.1, 0.15) is 21.6 Å². The first-order valence-corrected chi connectivity index (χ1v) is 6.02. The van der Waals surface area contributed by atoms with Crippen LogP contribution < -0.4 is 5.32 Å². The van der Waals surface area contributed by atoms with Gasteiger partial charge in [0.1, 0.15) is 0 Å². The Labute approximate surface area is 112 Å². The topological polar surface area (TPSA) is 56.1 Å². The van der Waals surface area contributed by atoms with Crippen molar-refractivity contribution in [2.24, 2.45) is 7.05 Å². The molecule has 0 amide bonds. The van der Waals surface area contributed by atoms with E-state index in [0.717, 1.165) is 16.9 Å². The average molecular weight is 259 g/mol. The smallest absolute Gasteiger partial charge is 0.338 e. The van der Waals surface area contributed by atoms with Gasteiger partial charge in [0.25, 0.3) is 0 Å². The van der Waals surface area contributed by atoms with E-state index in [1.165, 1.54) is 7.11 Å². The fourth-order valence-corrected chi connectivity index (χ4v) is 1.95. The largest absolute Gasteiger partial charge is 0.465 e. The van der Waals surface area contributed by atoms with Crippen LogP contribution in [0.2, 0.25) is 0 Å². The van der Waals surface area contributed by atoms with Crippen molar-refractivity contribution in [3.05, 3.63) is 47.3 Å². The number of benzene rings is 1. The van der Waals surface area contributed by atoms with Crippen LogP contribution in [0.25, 0.3) is 0 Å². The Hall–Kier alpha value is -2.30. The number of aromatic nitrogens is 2. The van der Waals surface area contributed by atoms with E-state index in [1.807, 2.05) is 38.4 Å². The van der Waals surface area contributed by atoms with Crippen molar-refractivity contribution in [1.29, 1.82) is 0 Å². The number of esters is 1. The summed E-state index contributed by atoms with van der Waals surface area (Å²) in [4.78, 5) is 11.7. The van der Waals surface area contributed by atoms with Gasteiger partial charge in [0.2, 0.25) is 0 Å². The summed E-state index contributed by atoms with van der Waals surface area (Å²) in [5.74, 6) is -0.319. The van der Waals surface area contributed by atoms with Gasteiger partial charge < -0.3 is 10.1 Å². The van der Waals surface area contributed by atoms with Crippen LogP contribution in [0, 0.1) is 6.92 Å². The lowest BCUT2D eigenvalue weighted by Gasteiger charge is -2.09. The van der Waals surface area contributed by atoms with E-state index in [4.69, 9.17) is 4.74 Å². The molecule has 2 rings (SSSR count). The molecule has 0 spiro atoms. The lowest BCUT2D eigenvalue weighted by Crippen LogP contribution is -2.09. The number of hydrogen-bond donors (Lipinski definition) is 1. The highest BCUT2D eigenvalue weighted by Crippen LogP contribution is 2.15. The minimum absolute atomic E-state index is 0.319. The molecule has 100 valence electrons. The molecule has 0 aliphatic heterocycles. The van der Waals surface area contributed by atoms with Crippen LogP contribution in [0.5, 0.6) is 0 Å². The van der Waals surface area contributed by atoms with Gasteiger partial charge in [-0.2, -0.15) is 5.10 Å². The third kappa shape index (κ3) is 2.93. The third-order valence-electron chi connectivity index (χ3n) is 2.91. The van der Waals surface area contributed by atoms with Crippen molar-refractivity contribution in [2.75, 3.05) is 12.4 Å². The number of rotatable bonds is 4. The van der Waals surface area contributed by atoms with Crippen LogP contribution in [0.15, 0.2) is 30.5 Å². The van der Waals surface area contributed by atoms with E-state index in [1.54, 1.807) is 10.7 Å². The number of carbonyl (C=O) groups excluding carboxylic acids is 1. The zero-order valence-corrected chi connectivity index (χ0v) is 11.3. The van der Waals surface area contributed by atoms with E-state index >= 15 is 0 Å². The second-order valence-electron chi connectivity index (χ2n) is 4.30. The van der Waals surface area contributed by atoms with Crippen molar-refractivity contribution >= 4 is 11.7 Å². The average Bonchev–Trinajstić information content (AvgIpc) is 2.74. The molecule has 1 heterocycles. The Morgan fingerprint density at radius 3 is 2.79 bits per heavy atom. The monoisotopic (exact) mass is 259 g/mol. The first kappa shape index (κ1) is 13.1. The molecule has 0 saturated heterocycles. The zero-order valence-electron chi connectivity index (χ0n) is 11.3. The molecule has 0 aliphatic carbocycles. The van der Waals surface area contributed by atoms with Gasteiger partial charge in [-0.15, -0.1) is 0 Å². The van der Waals surface area contributed by atoms with E-state index in [2.05, 4.69) is 10.4 Å². The minimum Gasteiger partial charge on any atom is -0.465 e. The predicted octanol–water partition coefficient (Wildman–Crippen LogP) is 2.13. The molecule has 0 atom stereocenters. The first-order chi connectivity index (χ1) is 9.11. The highest BCUT2D eigenvalue weighted by atomic mass is 16.5. The lowest BCUT2D eigenvalue weighted by atomic mass is 10.1. The maximum atomic E-state index is 11.7. The number of anilines is 1. The molecule has 0 radical (unpaired) electrons. The van der Waals surface area contributed by atoms with Gasteiger partial charge in [-0.3, -0.25) is 4.68 Å². The van der Waals surface area contributed by atoms with Gasteiger partial charge in [-0.1, -0.05) is 18.2 Å². The van der Waals surface area contributed by atoms with E-state index < -0.39 is 0 Å². The van der Waals surface area contributed by atoms with Crippen molar-refractivity contribution in [3.63, 3.8) is 0 Å². The fraction of sp³-hybridized carbons (Fsp3) is 0.286. The molecule has 0 fully saturated rings. The fourth-order valence-electron chi connectivity index (χ4n) is 1.95. The maximum Gasteiger partial charge on any atom is 0.338 e. The Morgan fingerprint density at radius 2 is 2.16 bits per heavy atom. The molecule has 1 N–H and O–H groups in total. The predicted molar refractivity (Wildman–Crippen MR) is 73.1 cm³/mol. The molecular weight excluding hydrogens is 242 g/mol. The lowest BCUT2D eigenvalue weighted by molar-refractivity contribution is 0.0599. The number of ether oxygens (including phenoxy) is 1. The molecule has 1 aromatic carbocycles. The second-order valence-corrected chi connectivity index (χ2v) is 4.30. The summed E-state index contributed by atoms with van der Waals surface area (Å²) in [5.41, 5.74) is 3.37. The van der Waals surface area contributed by atoms with Gasteiger partial charge in [0, 0.05) is 19.8 Å². The van der Waals surface area contributed by atoms with Gasteiger partial charge in [-0.05, 0) is 18.6 Å². The molecule has 19 heavy (non-hydrogen) atoms. The van der Waals surface area contributed by atoms with Crippen molar-refractivity contribution in [3.8, 4) is 0 Å². The number of hydrogen-bond acceptors (Lipinski definition) is 4. The summed E-state index contributed by atoms with van der Waals surface area (Å²) < 4.78 is 6.53. The van der Waals surface area contributed by atoms with E-state index in [-0.39, 0.29) is 5.97 Å². The van der Waals surface area contributed by atoms with Gasteiger partial charge in [-0.25, -0.2) is 4.79 Å². The van der Waals surface area contributed by atoms with Crippen LogP contribution in [0.4, 0.5) is 5.69 Å². The Balaban J connectivity index is 2.16. The highest BCUT2D eigenvalue weighted by Gasteiger charge is 2.11. The molecule has 5 heteroatoms. The van der Waals surface area contributed by atoms with Crippen molar-refractivity contribution < 1.29 is 9.53 Å². The van der Waals surface area contributed by atoms with Crippen molar-refractivity contribution in [1.82, 2.24) is 9.78 Å². The summed E-state index contributed by atoms with van der Waals surface area (Å²) in [7, 11) is 3.26. The molecule has 0 bridgehead atoms. The minimum atomic E-state index is -0.319. The standard InChI is InChI=1S/C14H17N3O2/c1-10-13(9-17(2)16-10)15-8-11-6-4-5-7-12(11)14(18)19-3/h4-7,9,15H,8H2,1-3H3. The second kappa shape index (κ2) is 5.56. The van der Waals surface area contributed by atoms with E-state index in [9.17, 15) is 4.79 Å². The maximum absolute atomic E-state index is 11.7. The van der Waals surface area contributed by atoms with Gasteiger partial charge >= 0.3 is 5.97 Å². The Morgan fingerprint density at radius 1 is 1.42 bits per heavy atom. The third-order valence-corrected chi connectivity index (χ3v) is 2.91. The van der Waals surface area contributed by atoms with Crippen LogP contribution in [-0.4, -0.2) is 22.9 Å². The number of aryl methyl sites for hydroxylation is 2. The summed E-state index contributed by atoms with van der Waals surface area (Å²) in [6.45, 7) is 2.49. The summed E-state index contributed by atoms with van der Waals surface area (Å²) in [6.07, 6.45) is 1.91. The van der Waals surface area contributed by atoms with Gasteiger partial charge in [0.05, 0.1) is 24.1 Å². The Kier molecular flexibility index (Phi) is 3.85. The molecule has 0 unspecified atom stereocenters. The molecule has 0 saturated carbocycles. The zero-order chi connectivity index (χ0) is 13.8. The summed E-state index contributed by atoms with van der Waals surface area (Å²) in [6, 6.07) is 7.40. The number of nitrogens with one attached hydrogen (secondary N) is 1. The Bertz CT molecular complexity index is 590. The highest BCUT2D eigenvalue weighted by molar-refractivity contribution is 5.91. The molecule has 2 aromatic rings. The van der Waals surface area contributed by atoms with Crippen LogP contribution in [0.3, 0.4) is 0 Å².